The van der Waals surface area contributed by atoms with Crippen LogP contribution in [0.1, 0.15) is 38.5 Å². The molecule has 1 heterocycles. The molecule has 2 fully saturated rings. The van der Waals surface area contributed by atoms with Crippen molar-refractivity contribution < 1.29 is 9.53 Å². The van der Waals surface area contributed by atoms with Crippen molar-refractivity contribution in [3.8, 4) is 0 Å². The van der Waals surface area contributed by atoms with Gasteiger partial charge in [0.25, 0.3) is 0 Å². The number of hydrogen-bond acceptors (Lipinski definition) is 2. The molecule has 68 valence electrons. The highest BCUT2D eigenvalue weighted by molar-refractivity contribution is 5.60. The maximum Gasteiger partial charge on any atom is 0.126 e. The number of hydrogen-bond donors (Lipinski definition) is 0. The van der Waals surface area contributed by atoms with Gasteiger partial charge in [0, 0.05) is 12.0 Å². The molecule has 1 saturated carbocycles. The van der Waals surface area contributed by atoms with Crippen molar-refractivity contribution in [2.75, 3.05) is 6.61 Å². The van der Waals surface area contributed by atoms with E-state index in [0.717, 1.165) is 38.6 Å². The van der Waals surface area contributed by atoms with Crippen LogP contribution >= 0.6 is 0 Å². The van der Waals surface area contributed by atoms with Crippen molar-refractivity contribution in [1.29, 1.82) is 0 Å². The minimum atomic E-state index is 0.0228. The lowest BCUT2D eigenvalue weighted by molar-refractivity contribution is -0.123. The molecule has 0 spiro atoms. The number of ether oxygens (including phenoxy) is 1. The predicted molar refractivity (Wildman–Crippen MR) is 45.9 cm³/mol. The average molecular weight is 168 g/mol. The van der Waals surface area contributed by atoms with Crippen LogP contribution in [-0.4, -0.2) is 19.0 Å². The molecule has 1 aliphatic heterocycles. The monoisotopic (exact) mass is 168 g/mol. The van der Waals surface area contributed by atoms with Gasteiger partial charge in [0.05, 0.1) is 6.10 Å². The Hall–Kier alpha value is -0.370. The third-order valence-corrected chi connectivity index (χ3v) is 3.26. The molecule has 1 unspecified atom stereocenters. The lowest BCUT2D eigenvalue weighted by Crippen LogP contribution is -2.34. The quantitative estimate of drug-likeness (QED) is 0.602. The Morgan fingerprint density at radius 2 is 2.25 bits per heavy atom. The van der Waals surface area contributed by atoms with E-state index < -0.39 is 0 Å². The number of carbonyl (C=O) groups is 1. The lowest BCUT2D eigenvalue weighted by Gasteiger charge is -2.38. The highest BCUT2D eigenvalue weighted by atomic mass is 16.5. The van der Waals surface area contributed by atoms with Gasteiger partial charge >= 0.3 is 0 Å². The summed E-state index contributed by atoms with van der Waals surface area (Å²) in [5, 5.41) is 0. The van der Waals surface area contributed by atoms with Crippen molar-refractivity contribution in [3.63, 3.8) is 0 Å². The topological polar surface area (TPSA) is 26.3 Å². The van der Waals surface area contributed by atoms with E-state index in [1.165, 1.54) is 12.8 Å². The second-order valence-corrected chi connectivity index (χ2v) is 4.17. The largest absolute Gasteiger partial charge is 0.378 e. The summed E-state index contributed by atoms with van der Waals surface area (Å²) in [5.41, 5.74) is 0.0228. The van der Waals surface area contributed by atoms with Gasteiger partial charge in [-0.1, -0.05) is 6.42 Å². The van der Waals surface area contributed by atoms with Gasteiger partial charge in [-0.05, 0) is 32.1 Å². The molecular formula is C10H16O2. The van der Waals surface area contributed by atoms with Gasteiger partial charge in [-0.15, -0.1) is 0 Å². The van der Waals surface area contributed by atoms with E-state index in [1.807, 2.05) is 0 Å². The molecule has 2 aliphatic rings. The summed E-state index contributed by atoms with van der Waals surface area (Å²) >= 11 is 0. The van der Waals surface area contributed by atoms with Crippen molar-refractivity contribution in [3.05, 3.63) is 0 Å². The van der Waals surface area contributed by atoms with Gasteiger partial charge < -0.3 is 9.53 Å². The Balaban J connectivity index is 1.87. The Labute approximate surface area is 73.3 Å². The first-order chi connectivity index (χ1) is 5.85. The normalized spacial score (nSPS) is 32.8. The first kappa shape index (κ1) is 8.24. The molecule has 0 N–H and O–H groups in total. The van der Waals surface area contributed by atoms with E-state index in [4.69, 9.17) is 4.74 Å². The van der Waals surface area contributed by atoms with Crippen LogP contribution in [0.15, 0.2) is 0 Å². The molecule has 2 heteroatoms. The molecule has 0 aromatic rings. The Morgan fingerprint density at radius 1 is 1.42 bits per heavy atom. The van der Waals surface area contributed by atoms with Gasteiger partial charge in [-0.3, -0.25) is 0 Å². The summed E-state index contributed by atoms with van der Waals surface area (Å²) < 4.78 is 5.53. The SMILES string of the molecule is O=CC1(CC2CCCO2)CCC1. The van der Waals surface area contributed by atoms with Crippen LogP contribution in [0.5, 0.6) is 0 Å². The van der Waals surface area contributed by atoms with Crippen molar-refractivity contribution in [1.82, 2.24) is 0 Å². The molecular weight excluding hydrogens is 152 g/mol. The zero-order valence-corrected chi connectivity index (χ0v) is 7.42. The summed E-state index contributed by atoms with van der Waals surface area (Å²) in [7, 11) is 0. The molecule has 1 aliphatic carbocycles. The second kappa shape index (κ2) is 3.17. The van der Waals surface area contributed by atoms with Gasteiger partial charge in [-0.25, -0.2) is 0 Å². The van der Waals surface area contributed by atoms with Crippen LogP contribution in [0.3, 0.4) is 0 Å². The zero-order valence-electron chi connectivity index (χ0n) is 7.42. The fourth-order valence-electron chi connectivity index (χ4n) is 2.26. The summed E-state index contributed by atoms with van der Waals surface area (Å²) in [4.78, 5) is 10.8. The summed E-state index contributed by atoms with van der Waals surface area (Å²) in [5.74, 6) is 0. The fraction of sp³-hybridized carbons (Fsp3) is 0.900. The first-order valence-corrected chi connectivity index (χ1v) is 4.93. The number of carbonyl (C=O) groups excluding carboxylic acids is 1. The number of aldehydes is 1. The van der Waals surface area contributed by atoms with Crippen molar-refractivity contribution in [2.24, 2.45) is 5.41 Å². The first-order valence-electron chi connectivity index (χ1n) is 4.93. The van der Waals surface area contributed by atoms with E-state index >= 15 is 0 Å². The molecule has 0 bridgehead atoms. The van der Waals surface area contributed by atoms with Crippen LogP contribution in [-0.2, 0) is 9.53 Å². The number of rotatable bonds is 3. The minimum Gasteiger partial charge on any atom is -0.378 e. The third kappa shape index (κ3) is 1.40. The summed E-state index contributed by atoms with van der Waals surface area (Å²) in [6, 6.07) is 0. The average Bonchev–Trinajstić information content (AvgIpc) is 2.49. The summed E-state index contributed by atoms with van der Waals surface area (Å²) in [6.07, 6.45) is 8.29. The maximum atomic E-state index is 10.8. The Bertz CT molecular complexity index is 167. The van der Waals surface area contributed by atoms with Crippen LogP contribution < -0.4 is 0 Å². The van der Waals surface area contributed by atoms with E-state index in [-0.39, 0.29) is 5.41 Å². The molecule has 0 aromatic heterocycles. The Morgan fingerprint density at radius 3 is 2.67 bits per heavy atom. The van der Waals surface area contributed by atoms with E-state index in [0.29, 0.717) is 6.10 Å². The van der Waals surface area contributed by atoms with E-state index in [9.17, 15) is 4.79 Å². The summed E-state index contributed by atoms with van der Waals surface area (Å²) in [6.45, 7) is 0.902. The van der Waals surface area contributed by atoms with Crippen molar-refractivity contribution >= 4 is 6.29 Å². The fourth-order valence-corrected chi connectivity index (χ4v) is 2.26. The highest BCUT2D eigenvalue weighted by Crippen LogP contribution is 2.44. The molecule has 2 rings (SSSR count). The van der Waals surface area contributed by atoms with E-state index in [1.54, 1.807) is 0 Å². The third-order valence-electron chi connectivity index (χ3n) is 3.26. The molecule has 0 aromatic carbocycles. The zero-order chi connectivity index (χ0) is 8.44. The van der Waals surface area contributed by atoms with Gasteiger partial charge in [0.2, 0.25) is 0 Å². The highest BCUT2D eigenvalue weighted by Gasteiger charge is 2.39. The molecule has 2 nitrogen and oxygen atoms in total. The predicted octanol–water partition coefficient (Wildman–Crippen LogP) is 1.92. The maximum absolute atomic E-state index is 10.8. The molecule has 0 radical (unpaired) electrons. The Kier molecular flexibility index (Phi) is 2.18. The van der Waals surface area contributed by atoms with Gasteiger partial charge in [0.15, 0.2) is 0 Å². The molecule has 1 saturated heterocycles. The van der Waals surface area contributed by atoms with Crippen LogP contribution in [0.2, 0.25) is 0 Å². The molecule has 1 atom stereocenters. The van der Waals surface area contributed by atoms with Crippen molar-refractivity contribution in [2.45, 2.75) is 44.6 Å². The minimum absolute atomic E-state index is 0.0228. The van der Waals surface area contributed by atoms with E-state index in [2.05, 4.69) is 0 Å². The standard InChI is InChI=1S/C10H16O2/c11-8-10(4-2-5-10)7-9-3-1-6-12-9/h8-9H,1-7H2. The van der Waals surface area contributed by atoms with Gasteiger partial charge in [-0.2, -0.15) is 0 Å². The van der Waals surface area contributed by atoms with Gasteiger partial charge in [0.1, 0.15) is 6.29 Å². The van der Waals surface area contributed by atoms with Crippen LogP contribution in [0, 0.1) is 5.41 Å². The van der Waals surface area contributed by atoms with Crippen LogP contribution in [0.4, 0.5) is 0 Å². The second-order valence-electron chi connectivity index (χ2n) is 4.17. The lowest BCUT2D eigenvalue weighted by atomic mass is 9.66. The van der Waals surface area contributed by atoms with Crippen LogP contribution in [0.25, 0.3) is 0 Å². The smallest absolute Gasteiger partial charge is 0.126 e. The molecule has 12 heavy (non-hydrogen) atoms. The molecule has 0 amide bonds.